The zero-order valence-electron chi connectivity index (χ0n) is 41.0. The van der Waals surface area contributed by atoms with Crippen molar-refractivity contribution in [1.29, 1.82) is 0 Å². The van der Waals surface area contributed by atoms with Crippen molar-refractivity contribution < 1.29 is 50.0 Å². The Kier molecular flexibility index (Phi) is 40.6. The number of allylic oxidation sites excluding steroid dienone is 4. The number of rotatable bonds is 45. The first-order valence-corrected chi connectivity index (χ1v) is 26.7. The predicted molar refractivity (Wildman–Crippen MR) is 261 cm³/mol. The van der Waals surface area contributed by atoms with Crippen LogP contribution in [0.5, 0.6) is 0 Å². The zero-order valence-corrected chi connectivity index (χ0v) is 41.0. The maximum atomic E-state index is 13.1. The first kappa shape index (κ1) is 60.6. The molecule has 0 bridgehead atoms. The van der Waals surface area contributed by atoms with E-state index < -0.39 is 74.2 Å². The maximum absolute atomic E-state index is 13.1. The quantitative estimate of drug-likeness (QED) is 0.0216. The normalized spacial score (nSPS) is 21.2. The highest BCUT2D eigenvalue weighted by molar-refractivity contribution is 5.80. The third-order valence-corrected chi connectivity index (χ3v) is 13.0. The van der Waals surface area contributed by atoms with E-state index in [1.165, 1.54) is 154 Å². The fourth-order valence-corrected chi connectivity index (χ4v) is 8.55. The Balaban J connectivity index is 2.35. The lowest BCUT2D eigenvalue weighted by molar-refractivity contribution is -0.303. The summed E-state index contributed by atoms with van der Waals surface area (Å²) in [5, 5.41) is 75.8. The van der Waals surface area contributed by atoms with E-state index in [1.807, 2.05) is 0 Å². The van der Waals surface area contributed by atoms with Crippen LogP contribution in [-0.4, -0.2) is 110 Å². The predicted octanol–water partition coefficient (Wildman–Crippen LogP) is 10.2. The van der Waals surface area contributed by atoms with Crippen molar-refractivity contribution in [1.82, 2.24) is 5.32 Å². The molecule has 378 valence electrons. The molecule has 0 radical (unpaired) electrons. The molecule has 9 atom stereocenters. The van der Waals surface area contributed by atoms with Gasteiger partial charge >= 0.3 is 0 Å². The molecule has 0 aliphatic carbocycles. The summed E-state index contributed by atoms with van der Waals surface area (Å²) in [5.74, 6) is -0.708. The van der Waals surface area contributed by atoms with Gasteiger partial charge in [0.25, 0.3) is 0 Å². The minimum Gasteiger partial charge on any atom is -0.394 e. The third-order valence-electron chi connectivity index (χ3n) is 13.0. The highest BCUT2D eigenvalue weighted by atomic mass is 16.7. The van der Waals surface area contributed by atoms with Gasteiger partial charge in [-0.15, -0.1) is 0 Å². The van der Waals surface area contributed by atoms with Gasteiger partial charge in [-0.25, -0.2) is 0 Å². The van der Waals surface area contributed by atoms with E-state index in [1.54, 1.807) is 0 Å². The van der Waals surface area contributed by atoms with Gasteiger partial charge in [0.15, 0.2) is 6.29 Å². The summed E-state index contributed by atoms with van der Waals surface area (Å²) in [7, 11) is 0. The van der Waals surface area contributed by atoms with Crippen molar-refractivity contribution in [2.24, 2.45) is 0 Å². The van der Waals surface area contributed by atoms with Crippen molar-refractivity contribution in [2.45, 2.75) is 294 Å². The van der Waals surface area contributed by atoms with Crippen LogP contribution in [-0.2, 0) is 14.3 Å². The highest BCUT2D eigenvalue weighted by Gasteiger charge is 2.44. The molecule has 1 fully saturated rings. The van der Waals surface area contributed by atoms with Gasteiger partial charge in [-0.1, -0.05) is 199 Å². The molecule has 8 N–H and O–H groups in total. The molecule has 11 heteroatoms. The molecule has 9 unspecified atom stereocenters. The molecule has 64 heavy (non-hydrogen) atoms. The van der Waals surface area contributed by atoms with Crippen LogP contribution in [0.1, 0.15) is 239 Å². The Morgan fingerprint density at radius 1 is 0.531 bits per heavy atom. The molecule has 1 heterocycles. The van der Waals surface area contributed by atoms with Crippen molar-refractivity contribution in [3.8, 4) is 0 Å². The number of aliphatic hydroxyl groups excluding tert-OH is 7. The van der Waals surface area contributed by atoms with Crippen molar-refractivity contribution in [3.05, 3.63) is 24.3 Å². The summed E-state index contributed by atoms with van der Waals surface area (Å²) >= 11 is 0. The van der Waals surface area contributed by atoms with E-state index in [0.29, 0.717) is 12.8 Å². The summed E-state index contributed by atoms with van der Waals surface area (Å²) in [6.07, 6.45) is 38.0. The van der Waals surface area contributed by atoms with Gasteiger partial charge in [0.2, 0.25) is 5.91 Å². The minimum absolute atomic E-state index is 0.250. The van der Waals surface area contributed by atoms with Gasteiger partial charge in [0, 0.05) is 0 Å². The van der Waals surface area contributed by atoms with Gasteiger partial charge in [0.1, 0.15) is 36.6 Å². The monoisotopic (exact) mass is 912 g/mol. The molecule has 0 aromatic heterocycles. The van der Waals surface area contributed by atoms with Crippen LogP contribution in [0.3, 0.4) is 0 Å². The number of hydrogen-bond donors (Lipinski definition) is 8. The first-order chi connectivity index (χ1) is 31.2. The summed E-state index contributed by atoms with van der Waals surface area (Å²) in [4.78, 5) is 13.1. The van der Waals surface area contributed by atoms with Crippen LogP contribution >= 0.6 is 0 Å². The Hall–Kier alpha value is -1.41. The van der Waals surface area contributed by atoms with Crippen molar-refractivity contribution >= 4 is 5.91 Å². The second-order valence-electron chi connectivity index (χ2n) is 18.9. The van der Waals surface area contributed by atoms with Gasteiger partial charge in [0.05, 0.1) is 25.4 Å². The lowest BCUT2D eigenvalue weighted by Crippen LogP contribution is -2.60. The lowest BCUT2D eigenvalue weighted by Gasteiger charge is -2.40. The van der Waals surface area contributed by atoms with E-state index >= 15 is 0 Å². The minimum atomic E-state index is -1.67. The number of nitrogens with one attached hydrogen (secondary N) is 1. The third kappa shape index (κ3) is 31.5. The van der Waals surface area contributed by atoms with E-state index in [4.69, 9.17) is 9.47 Å². The van der Waals surface area contributed by atoms with Crippen molar-refractivity contribution in [2.75, 3.05) is 13.2 Å². The topological polar surface area (TPSA) is 189 Å². The van der Waals surface area contributed by atoms with Crippen LogP contribution in [0.25, 0.3) is 0 Å². The lowest BCUT2D eigenvalue weighted by atomic mass is 9.98. The molecule has 1 saturated heterocycles. The number of aliphatic hydroxyl groups is 7. The summed E-state index contributed by atoms with van der Waals surface area (Å²) in [6, 6.07) is -1.18. The standard InChI is InChI=1S/C53H101NO10/c1-3-5-7-9-11-13-15-17-19-20-21-22-23-24-25-26-27-29-31-33-35-37-39-41-46(57)52(62)54-44(43-63-53-51(61)50(60)49(59)47(42-55)64-53)48(58)45(56)40-38-36-34-32-30-28-18-16-14-12-10-8-6-4-2/h24-25,32,34,44-51,53,55-61H,3-23,26-31,33,35-43H2,1-2H3,(H,54,62)/b25-24-,34-32+. The number of carbonyl (C=O) groups excluding carboxylic acids is 1. The molecular formula is C53H101NO10. The van der Waals surface area contributed by atoms with Crippen LogP contribution in [0.4, 0.5) is 0 Å². The maximum Gasteiger partial charge on any atom is 0.249 e. The highest BCUT2D eigenvalue weighted by Crippen LogP contribution is 2.23. The molecule has 0 saturated carbocycles. The number of amides is 1. The summed E-state index contributed by atoms with van der Waals surface area (Å²) in [5.41, 5.74) is 0. The smallest absolute Gasteiger partial charge is 0.249 e. The molecule has 1 rings (SSSR count). The second kappa shape index (κ2) is 42.9. The van der Waals surface area contributed by atoms with E-state index in [-0.39, 0.29) is 12.8 Å². The average molecular weight is 912 g/mol. The average Bonchev–Trinajstić information content (AvgIpc) is 3.29. The van der Waals surface area contributed by atoms with Crippen molar-refractivity contribution in [3.63, 3.8) is 0 Å². The molecule has 0 aromatic rings. The SMILES string of the molecule is CCCCCCCCCCC/C=C/CCCC(O)C(O)C(COC1OC(CO)C(O)C(O)C1O)NC(=O)C(O)CCCCCCCCC/C=C\CCCCCCCCCCCCCC. The van der Waals surface area contributed by atoms with E-state index in [2.05, 4.69) is 43.5 Å². The number of hydrogen-bond acceptors (Lipinski definition) is 10. The molecule has 1 amide bonds. The molecule has 11 nitrogen and oxygen atoms in total. The number of carbonyl (C=O) groups is 1. The summed E-state index contributed by atoms with van der Waals surface area (Å²) in [6.45, 7) is 3.44. The van der Waals surface area contributed by atoms with Gasteiger partial charge in [-0.05, 0) is 64.2 Å². The molecule has 1 aliphatic heterocycles. The fourth-order valence-electron chi connectivity index (χ4n) is 8.55. The van der Waals surface area contributed by atoms with Gasteiger partial charge < -0.3 is 50.5 Å². The zero-order chi connectivity index (χ0) is 46.9. The van der Waals surface area contributed by atoms with Gasteiger partial charge in [-0.2, -0.15) is 0 Å². The summed E-state index contributed by atoms with van der Waals surface area (Å²) < 4.78 is 11.1. The van der Waals surface area contributed by atoms with E-state index in [9.17, 15) is 40.5 Å². The van der Waals surface area contributed by atoms with Crippen LogP contribution in [0.2, 0.25) is 0 Å². The molecular weight excluding hydrogens is 811 g/mol. The Morgan fingerprint density at radius 2 is 0.922 bits per heavy atom. The fraction of sp³-hybridized carbons (Fsp3) is 0.906. The Morgan fingerprint density at radius 3 is 1.34 bits per heavy atom. The molecule has 0 spiro atoms. The van der Waals surface area contributed by atoms with Crippen LogP contribution in [0.15, 0.2) is 24.3 Å². The van der Waals surface area contributed by atoms with Gasteiger partial charge in [-0.3, -0.25) is 4.79 Å². The largest absolute Gasteiger partial charge is 0.394 e. The Labute approximate surface area is 391 Å². The van der Waals surface area contributed by atoms with Crippen LogP contribution in [0, 0.1) is 0 Å². The second-order valence-corrected chi connectivity index (χ2v) is 18.9. The molecule has 0 aromatic carbocycles. The Bertz CT molecular complexity index is 1090. The van der Waals surface area contributed by atoms with Crippen LogP contribution < -0.4 is 5.32 Å². The molecule has 1 aliphatic rings. The number of unbranched alkanes of at least 4 members (excludes halogenated alkanes) is 29. The first-order valence-electron chi connectivity index (χ1n) is 26.7. The van der Waals surface area contributed by atoms with E-state index in [0.717, 1.165) is 44.9 Å². The number of ether oxygens (including phenoxy) is 2.